The summed E-state index contributed by atoms with van der Waals surface area (Å²) in [7, 11) is 2.21. The average molecular weight is 251 g/mol. The molecule has 0 aromatic carbocycles. The molecule has 3 unspecified atom stereocenters. The molecule has 0 spiro atoms. The second-order valence-electron chi connectivity index (χ2n) is 6.34. The van der Waals surface area contributed by atoms with Crippen LogP contribution in [0.4, 0.5) is 0 Å². The molecule has 0 bridgehead atoms. The van der Waals surface area contributed by atoms with Crippen LogP contribution in [-0.4, -0.2) is 36.1 Å². The number of nitriles is 1. The number of nitrogens with zero attached hydrogens (tertiary/aromatic N) is 2. The number of rotatable bonds is 6. The quantitative estimate of drug-likeness (QED) is 0.789. The Labute approximate surface area is 113 Å². The Kier molecular flexibility index (Phi) is 5.62. The molecule has 0 saturated heterocycles. The molecule has 0 aromatic rings. The van der Waals surface area contributed by atoms with E-state index in [-0.39, 0.29) is 5.54 Å². The van der Waals surface area contributed by atoms with E-state index in [2.05, 4.69) is 51.0 Å². The summed E-state index contributed by atoms with van der Waals surface area (Å²) in [6, 6.07) is 3.46. The molecular weight excluding hydrogens is 222 g/mol. The Morgan fingerprint density at radius 1 is 1.44 bits per heavy atom. The zero-order chi connectivity index (χ0) is 13.8. The van der Waals surface area contributed by atoms with Crippen LogP contribution in [0, 0.1) is 17.2 Å². The van der Waals surface area contributed by atoms with Gasteiger partial charge in [-0.1, -0.05) is 20.3 Å². The van der Waals surface area contributed by atoms with Crippen molar-refractivity contribution < 1.29 is 0 Å². The van der Waals surface area contributed by atoms with E-state index in [4.69, 9.17) is 0 Å². The molecule has 1 aliphatic carbocycles. The van der Waals surface area contributed by atoms with Crippen LogP contribution in [0.1, 0.15) is 53.4 Å². The van der Waals surface area contributed by atoms with Gasteiger partial charge in [-0.05, 0) is 46.1 Å². The molecular formula is C15H29N3. The molecule has 104 valence electrons. The van der Waals surface area contributed by atoms with E-state index < -0.39 is 0 Å². The summed E-state index contributed by atoms with van der Waals surface area (Å²) in [4.78, 5) is 2.45. The predicted molar refractivity (Wildman–Crippen MR) is 76.3 cm³/mol. The molecule has 18 heavy (non-hydrogen) atoms. The van der Waals surface area contributed by atoms with Crippen molar-refractivity contribution in [3.05, 3.63) is 0 Å². The minimum Gasteiger partial charge on any atom is -0.303 e. The van der Waals surface area contributed by atoms with Crippen molar-refractivity contribution >= 4 is 0 Å². The molecule has 1 fully saturated rings. The van der Waals surface area contributed by atoms with Gasteiger partial charge in [0.15, 0.2) is 0 Å². The van der Waals surface area contributed by atoms with Gasteiger partial charge in [0.2, 0.25) is 0 Å². The van der Waals surface area contributed by atoms with Crippen LogP contribution in [0.3, 0.4) is 0 Å². The van der Waals surface area contributed by atoms with Crippen LogP contribution in [0.5, 0.6) is 0 Å². The van der Waals surface area contributed by atoms with Crippen LogP contribution in [0.25, 0.3) is 0 Å². The molecule has 0 amide bonds. The van der Waals surface area contributed by atoms with Crippen LogP contribution in [0.2, 0.25) is 0 Å². The van der Waals surface area contributed by atoms with E-state index in [1.807, 2.05) is 0 Å². The largest absolute Gasteiger partial charge is 0.303 e. The van der Waals surface area contributed by atoms with Crippen molar-refractivity contribution in [2.24, 2.45) is 5.92 Å². The highest BCUT2D eigenvalue weighted by Crippen LogP contribution is 2.33. The maximum atomic E-state index is 9.46. The van der Waals surface area contributed by atoms with E-state index in [1.54, 1.807) is 0 Å². The van der Waals surface area contributed by atoms with Crippen molar-refractivity contribution in [2.45, 2.75) is 71.0 Å². The van der Waals surface area contributed by atoms with Gasteiger partial charge in [0, 0.05) is 18.6 Å². The molecule has 0 aromatic heterocycles. The van der Waals surface area contributed by atoms with E-state index in [9.17, 15) is 5.26 Å². The van der Waals surface area contributed by atoms with Gasteiger partial charge in [0.05, 0.1) is 6.07 Å². The van der Waals surface area contributed by atoms with Crippen LogP contribution < -0.4 is 5.32 Å². The van der Waals surface area contributed by atoms with Gasteiger partial charge < -0.3 is 4.90 Å². The third kappa shape index (κ3) is 3.96. The second kappa shape index (κ2) is 6.54. The topological polar surface area (TPSA) is 39.1 Å². The molecule has 1 rings (SSSR count). The zero-order valence-electron chi connectivity index (χ0n) is 12.7. The second-order valence-corrected chi connectivity index (χ2v) is 6.34. The lowest BCUT2D eigenvalue weighted by Crippen LogP contribution is -2.47. The van der Waals surface area contributed by atoms with Crippen LogP contribution in [-0.2, 0) is 0 Å². The maximum absolute atomic E-state index is 9.46. The van der Waals surface area contributed by atoms with Crippen LogP contribution in [0.15, 0.2) is 0 Å². The van der Waals surface area contributed by atoms with Gasteiger partial charge in [0.1, 0.15) is 5.54 Å². The summed E-state index contributed by atoms with van der Waals surface area (Å²) in [6.07, 6.45) is 4.32. The lowest BCUT2D eigenvalue weighted by atomic mass is 9.98. The average Bonchev–Trinajstić information content (AvgIpc) is 2.73. The Balaban J connectivity index is 2.56. The lowest BCUT2D eigenvalue weighted by Gasteiger charge is -2.29. The van der Waals surface area contributed by atoms with Gasteiger partial charge in [-0.15, -0.1) is 0 Å². The van der Waals surface area contributed by atoms with Crippen molar-refractivity contribution in [1.29, 1.82) is 5.26 Å². The van der Waals surface area contributed by atoms with Crippen molar-refractivity contribution in [3.8, 4) is 6.07 Å². The van der Waals surface area contributed by atoms with Crippen molar-refractivity contribution in [2.75, 3.05) is 13.6 Å². The normalized spacial score (nSPS) is 29.8. The first-order chi connectivity index (χ1) is 8.42. The molecule has 3 nitrogen and oxygen atoms in total. The SMILES string of the molecule is CCC(C)CN(C)C1CCC(C#N)(NC(C)C)C1. The fourth-order valence-corrected chi connectivity index (χ4v) is 2.98. The zero-order valence-corrected chi connectivity index (χ0v) is 12.7. The third-order valence-corrected chi connectivity index (χ3v) is 4.19. The molecule has 3 heteroatoms. The molecule has 0 heterocycles. The summed E-state index contributed by atoms with van der Waals surface area (Å²) < 4.78 is 0. The van der Waals surface area contributed by atoms with Gasteiger partial charge in [-0.25, -0.2) is 0 Å². The number of hydrogen-bond acceptors (Lipinski definition) is 3. The standard InChI is InChI=1S/C15H29N3/c1-6-13(4)10-18(5)14-7-8-15(9-14,11-16)17-12(2)3/h12-14,17H,6-10H2,1-5H3. The minimum atomic E-state index is -0.289. The molecule has 1 N–H and O–H groups in total. The Hall–Kier alpha value is -0.590. The molecule has 0 radical (unpaired) electrons. The van der Waals surface area contributed by atoms with E-state index in [0.717, 1.165) is 31.7 Å². The van der Waals surface area contributed by atoms with Gasteiger partial charge in [0.25, 0.3) is 0 Å². The summed E-state index contributed by atoms with van der Waals surface area (Å²) >= 11 is 0. The summed E-state index contributed by atoms with van der Waals surface area (Å²) in [5.41, 5.74) is -0.289. The fraction of sp³-hybridized carbons (Fsp3) is 0.933. The first kappa shape index (κ1) is 15.5. The first-order valence-corrected chi connectivity index (χ1v) is 7.31. The minimum absolute atomic E-state index is 0.289. The molecule has 1 aliphatic rings. The molecule has 3 atom stereocenters. The van der Waals surface area contributed by atoms with Gasteiger partial charge in [-0.2, -0.15) is 5.26 Å². The highest BCUT2D eigenvalue weighted by molar-refractivity contribution is 5.13. The van der Waals surface area contributed by atoms with E-state index in [0.29, 0.717) is 12.1 Å². The third-order valence-electron chi connectivity index (χ3n) is 4.19. The molecule has 1 saturated carbocycles. The Morgan fingerprint density at radius 3 is 2.61 bits per heavy atom. The highest BCUT2D eigenvalue weighted by Gasteiger charge is 2.41. The van der Waals surface area contributed by atoms with Crippen molar-refractivity contribution in [1.82, 2.24) is 10.2 Å². The highest BCUT2D eigenvalue weighted by atomic mass is 15.2. The lowest BCUT2D eigenvalue weighted by molar-refractivity contribution is 0.204. The Morgan fingerprint density at radius 2 is 2.11 bits per heavy atom. The summed E-state index contributed by atoms with van der Waals surface area (Å²) in [6.45, 7) is 9.93. The van der Waals surface area contributed by atoms with E-state index >= 15 is 0 Å². The van der Waals surface area contributed by atoms with Gasteiger partial charge in [-0.3, -0.25) is 5.32 Å². The van der Waals surface area contributed by atoms with Crippen molar-refractivity contribution in [3.63, 3.8) is 0 Å². The Bertz CT molecular complexity index is 295. The smallest absolute Gasteiger partial charge is 0.108 e. The van der Waals surface area contributed by atoms with Gasteiger partial charge >= 0.3 is 0 Å². The first-order valence-electron chi connectivity index (χ1n) is 7.31. The predicted octanol–water partition coefficient (Wildman–Crippen LogP) is 2.78. The number of hydrogen-bond donors (Lipinski definition) is 1. The molecule has 0 aliphatic heterocycles. The fourth-order valence-electron chi connectivity index (χ4n) is 2.98. The van der Waals surface area contributed by atoms with E-state index in [1.165, 1.54) is 6.42 Å². The monoisotopic (exact) mass is 251 g/mol. The summed E-state index contributed by atoms with van der Waals surface area (Å²) in [5, 5.41) is 12.9. The summed E-state index contributed by atoms with van der Waals surface area (Å²) in [5.74, 6) is 0.741. The number of nitrogens with one attached hydrogen (secondary N) is 1. The van der Waals surface area contributed by atoms with Crippen LogP contribution >= 0.6 is 0 Å². The maximum Gasteiger partial charge on any atom is 0.108 e.